The van der Waals surface area contributed by atoms with Gasteiger partial charge in [0.05, 0.1) is 6.04 Å². The third kappa shape index (κ3) is 3.15. The van der Waals surface area contributed by atoms with Crippen molar-refractivity contribution in [1.82, 2.24) is 15.3 Å². The van der Waals surface area contributed by atoms with E-state index in [2.05, 4.69) is 15.3 Å². The van der Waals surface area contributed by atoms with Crippen LogP contribution in [0.2, 0.25) is 0 Å². The van der Waals surface area contributed by atoms with Gasteiger partial charge >= 0.3 is 12.1 Å². The molecule has 1 unspecified atom stereocenters. The molecule has 3 nitrogen and oxygen atoms in total. The number of aromatic amines is 1. The average Bonchev–Trinajstić information content (AvgIpc) is 2.68. The number of nitrogens with one attached hydrogen (secondary N) is 2. The molecule has 1 atom stereocenters. The quantitative estimate of drug-likeness (QED) is 0.793. The molecule has 0 aliphatic heterocycles. The predicted molar refractivity (Wildman–Crippen MR) is 50.8 cm³/mol. The molecule has 0 spiro atoms. The van der Waals surface area contributed by atoms with Gasteiger partial charge in [-0.15, -0.1) is 0 Å². The topological polar surface area (TPSA) is 40.7 Å². The molecule has 0 saturated heterocycles. The lowest BCUT2D eigenvalue weighted by Gasteiger charge is -2.28. The maximum Gasteiger partial charge on any atom is 0.454 e. The zero-order chi connectivity index (χ0) is 13.1. The van der Waals surface area contributed by atoms with Crippen LogP contribution >= 0.6 is 0 Å². The molecule has 0 saturated carbocycles. The van der Waals surface area contributed by atoms with Gasteiger partial charge in [-0.25, -0.2) is 4.98 Å². The van der Waals surface area contributed by atoms with Crippen molar-refractivity contribution in [3.05, 3.63) is 18.2 Å². The van der Waals surface area contributed by atoms with Crippen molar-refractivity contribution in [2.24, 2.45) is 0 Å². The maximum atomic E-state index is 13.1. The highest BCUT2D eigenvalue weighted by atomic mass is 19.4. The highest BCUT2D eigenvalue weighted by Gasteiger charge is 2.62. The van der Waals surface area contributed by atoms with E-state index >= 15 is 0 Å². The van der Waals surface area contributed by atoms with Gasteiger partial charge < -0.3 is 10.3 Å². The monoisotopic (exact) mass is 257 g/mol. The van der Waals surface area contributed by atoms with E-state index in [9.17, 15) is 22.0 Å². The lowest BCUT2D eigenvalue weighted by Crippen LogP contribution is -2.55. The van der Waals surface area contributed by atoms with Crippen LogP contribution in [-0.2, 0) is 6.42 Å². The molecule has 0 aliphatic carbocycles. The van der Waals surface area contributed by atoms with E-state index in [4.69, 9.17) is 0 Å². The molecule has 17 heavy (non-hydrogen) atoms. The summed E-state index contributed by atoms with van der Waals surface area (Å²) in [5, 5.41) is 2.14. The Morgan fingerprint density at radius 1 is 1.35 bits per heavy atom. The van der Waals surface area contributed by atoms with Crippen LogP contribution in [-0.4, -0.2) is 34.7 Å². The fraction of sp³-hybridized carbons (Fsp3) is 0.667. The molecule has 1 rings (SSSR count). The fourth-order valence-corrected chi connectivity index (χ4v) is 1.38. The van der Waals surface area contributed by atoms with Crippen LogP contribution in [0.5, 0.6) is 0 Å². The van der Waals surface area contributed by atoms with Crippen LogP contribution in [0.15, 0.2) is 12.4 Å². The molecule has 2 N–H and O–H groups in total. The van der Waals surface area contributed by atoms with E-state index in [0.717, 1.165) is 0 Å². The Hall–Kier alpha value is -1.18. The first kappa shape index (κ1) is 13.9. The molecule has 0 amide bonds. The van der Waals surface area contributed by atoms with Crippen LogP contribution in [0.25, 0.3) is 0 Å². The van der Waals surface area contributed by atoms with Gasteiger partial charge in [-0.2, -0.15) is 22.0 Å². The van der Waals surface area contributed by atoms with E-state index in [-0.39, 0.29) is 12.4 Å². The van der Waals surface area contributed by atoms with E-state index in [0.29, 0.717) is 0 Å². The Labute approximate surface area is 94.4 Å². The highest BCUT2D eigenvalue weighted by molar-refractivity contribution is 4.98. The van der Waals surface area contributed by atoms with E-state index in [1.807, 2.05) is 0 Å². The normalized spacial score (nSPS) is 14.9. The third-order valence-corrected chi connectivity index (χ3v) is 2.22. The summed E-state index contributed by atoms with van der Waals surface area (Å²) in [4.78, 5) is 6.14. The number of aromatic nitrogens is 2. The zero-order valence-corrected chi connectivity index (χ0v) is 8.98. The standard InChI is InChI=1S/C9H12F5N3/c1-2-15-6(5-7-16-3-4-17-7)8(10,11)9(12,13)14/h3-4,6,15H,2,5H2,1H3,(H,16,17). The van der Waals surface area contributed by atoms with Crippen LogP contribution < -0.4 is 5.32 Å². The second kappa shape index (κ2) is 4.99. The van der Waals surface area contributed by atoms with Gasteiger partial charge in [0.25, 0.3) is 0 Å². The Kier molecular flexibility index (Phi) is 4.07. The van der Waals surface area contributed by atoms with Gasteiger partial charge in [-0.05, 0) is 6.54 Å². The molecule has 1 aromatic heterocycles. The first-order valence-corrected chi connectivity index (χ1v) is 4.95. The van der Waals surface area contributed by atoms with E-state index in [1.54, 1.807) is 0 Å². The summed E-state index contributed by atoms with van der Waals surface area (Å²) >= 11 is 0. The SMILES string of the molecule is CCNC(Cc1ncc[nH]1)C(F)(F)C(F)(F)F. The van der Waals surface area contributed by atoms with Crippen molar-refractivity contribution in [2.75, 3.05) is 6.54 Å². The van der Waals surface area contributed by atoms with Crippen molar-refractivity contribution in [2.45, 2.75) is 31.5 Å². The number of nitrogens with zero attached hydrogens (tertiary/aromatic N) is 1. The van der Waals surface area contributed by atoms with Gasteiger partial charge in [0.2, 0.25) is 0 Å². The van der Waals surface area contributed by atoms with Crippen LogP contribution in [0.1, 0.15) is 12.7 Å². The molecule has 0 fully saturated rings. The predicted octanol–water partition coefficient (Wildman–Crippen LogP) is 2.13. The number of rotatable bonds is 5. The van der Waals surface area contributed by atoms with Crippen LogP contribution in [0, 0.1) is 0 Å². The summed E-state index contributed by atoms with van der Waals surface area (Å²) in [5.41, 5.74) is 0. The smallest absolute Gasteiger partial charge is 0.349 e. The minimum Gasteiger partial charge on any atom is -0.349 e. The van der Waals surface area contributed by atoms with Gasteiger partial charge in [-0.1, -0.05) is 6.92 Å². The number of hydrogen-bond acceptors (Lipinski definition) is 2. The second-order valence-corrected chi connectivity index (χ2v) is 3.47. The minimum atomic E-state index is -5.58. The lowest BCUT2D eigenvalue weighted by atomic mass is 10.1. The summed E-state index contributed by atoms with van der Waals surface area (Å²) in [6, 6.07) is -2.03. The first-order valence-electron chi connectivity index (χ1n) is 4.95. The molecule has 0 radical (unpaired) electrons. The van der Waals surface area contributed by atoms with Crippen LogP contribution in [0.4, 0.5) is 22.0 Å². The number of likely N-dealkylation sites (N-methyl/N-ethyl adjacent to an activating group) is 1. The number of halogens is 5. The summed E-state index contributed by atoms with van der Waals surface area (Å²) in [5.74, 6) is -4.71. The molecular formula is C9H12F5N3. The lowest BCUT2D eigenvalue weighted by molar-refractivity contribution is -0.292. The maximum absolute atomic E-state index is 13.1. The Morgan fingerprint density at radius 2 is 2.00 bits per heavy atom. The highest BCUT2D eigenvalue weighted by Crippen LogP contribution is 2.38. The van der Waals surface area contributed by atoms with Crippen LogP contribution in [0.3, 0.4) is 0 Å². The molecule has 1 aromatic rings. The van der Waals surface area contributed by atoms with E-state index < -0.39 is 24.6 Å². The second-order valence-electron chi connectivity index (χ2n) is 3.47. The van der Waals surface area contributed by atoms with Gasteiger partial charge in [0, 0.05) is 18.8 Å². The van der Waals surface area contributed by atoms with Gasteiger partial charge in [0.1, 0.15) is 5.82 Å². The minimum absolute atomic E-state index is 0.0110. The van der Waals surface area contributed by atoms with Gasteiger partial charge in [0.15, 0.2) is 0 Å². The molecule has 98 valence electrons. The molecule has 1 heterocycles. The summed E-state index contributed by atoms with van der Waals surface area (Å²) in [6.45, 7) is 1.47. The first-order chi connectivity index (χ1) is 7.79. The molecule has 0 bridgehead atoms. The zero-order valence-electron chi connectivity index (χ0n) is 8.98. The van der Waals surface area contributed by atoms with Crippen molar-refractivity contribution < 1.29 is 22.0 Å². The van der Waals surface area contributed by atoms with Gasteiger partial charge in [-0.3, -0.25) is 0 Å². The summed E-state index contributed by atoms with van der Waals surface area (Å²) < 4.78 is 62.9. The van der Waals surface area contributed by atoms with Crippen molar-refractivity contribution in [3.8, 4) is 0 Å². The molecule has 8 heteroatoms. The Balaban J connectivity index is 2.85. The largest absolute Gasteiger partial charge is 0.454 e. The molecule has 0 aliphatic rings. The summed E-state index contributed by atoms with van der Waals surface area (Å²) in [6.07, 6.45) is -3.44. The summed E-state index contributed by atoms with van der Waals surface area (Å²) in [7, 11) is 0. The van der Waals surface area contributed by atoms with E-state index in [1.165, 1.54) is 19.3 Å². The Bertz CT molecular complexity index is 333. The van der Waals surface area contributed by atoms with Crippen molar-refractivity contribution >= 4 is 0 Å². The number of hydrogen-bond donors (Lipinski definition) is 2. The van der Waals surface area contributed by atoms with Crippen molar-refractivity contribution in [1.29, 1.82) is 0 Å². The number of imidazole rings is 1. The molecule has 0 aromatic carbocycles. The molecular weight excluding hydrogens is 245 g/mol. The Morgan fingerprint density at radius 3 is 2.41 bits per heavy atom. The fourth-order valence-electron chi connectivity index (χ4n) is 1.38. The third-order valence-electron chi connectivity index (χ3n) is 2.22. The number of alkyl halides is 5. The van der Waals surface area contributed by atoms with Crippen molar-refractivity contribution in [3.63, 3.8) is 0 Å². The number of H-pyrrole nitrogens is 1. The average molecular weight is 257 g/mol.